The Kier molecular flexibility index (Phi) is 2.97. The highest BCUT2D eigenvalue weighted by atomic mass is 15.2. The monoisotopic (exact) mass is 243 g/mol. The minimum Gasteiger partial charge on any atom is -0.298 e. The van der Waals surface area contributed by atoms with Crippen molar-refractivity contribution in [2.45, 2.75) is 57.4 Å². The zero-order chi connectivity index (χ0) is 12.8. The normalized spacial score (nSPS) is 25.6. The van der Waals surface area contributed by atoms with Crippen LogP contribution in [0.2, 0.25) is 0 Å². The molecule has 0 radical (unpaired) electrons. The summed E-state index contributed by atoms with van der Waals surface area (Å²) >= 11 is 0. The van der Waals surface area contributed by atoms with E-state index in [9.17, 15) is 0 Å². The van der Waals surface area contributed by atoms with Crippen molar-refractivity contribution < 1.29 is 0 Å². The first-order chi connectivity index (χ1) is 8.55. The molecule has 0 bridgehead atoms. The number of rotatable bonds is 2. The quantitative estimate of drug-likeness (QED) is 0.754. The van der Waals surface area contributed by atoms with Gasteiger partial charge in [-0.3, -0.25) is 4.90 Å². The van der Waals surface area contributed by atoms with Crippen LogP contribution in [0, 0.1) is 0 Å². The fourth-order valence-electron chi connectivity index (χ4n) is 3.27. The lowest BCUT2D eigenvalue weighted by molar-refractivity contribution is 0.173. The molecule has 0 N–H and O–H groups in total. The second kappa shape index (κ2) is 4.38. The standard InChI is InChI=1S/C17H25N/c1-17(2,3)18-11-10-14(12-18)16-7-5-4-6-15(16)13-8-9-13/h4-7,13-14H,8-12H2,1-3H3. The van der Waals surface area contributed by atoms with Gasteiger partial charge in [-0.1, -0.05) is 24.3 Å². The number of hydrogen-bond donors (Lipinski definition) is 0. The van der Waals surface area contributed by atoms with Crippen LogP contribution in [0.5, 0.6) is 0 Å². The van der Waals surface area contributed by atoms with E-state index in [1.165, 1.54) is 32.4 Å². The van der Waals surface area contributed by atoms with Gasteiger partial charge in [0, 0.05) is 12.1 Å². The minimum absolute atomic E-state index is 0.323. The van der Waals surface area contributed by atoms with Crippen LogP contribution in [0.3, 0.4) is 0 Å². The average molecular weight is 243 g/mol. The van der Waals surface area contributed by atoms with Gasteiger partial charge >= 0.3 is 0 Å². The van der Waals surface area contributed by atoms with Gasteiger partial charge in [-0.2, -0.15) is 0 Å². The Morgan fingerprint density at radius 3 is 2.06 bits per heavy atom. The Labute approximate surface area is 111 Å². The topological polar surface area (TPSA) is 3.24 Å². The van der Waals surface area contributed by atoms with E-state index in [0.29, 0.717) is 5.54 Å². The van der Waals surface area contributed by atoms with Gasteiger partial charge in [0.2, 0.25) is 0 Å². The predicted octanol–water partition coefficient (Wildman–Crippen LogP) is 4.15. The van der Waals surface area contributed by atoms with E-state index in [-0.39, 0.29) is 0 Å². The van der Waals surface area contributed by atoms with Crippen LogP contribution in [0.25, 0.3) is 0 Å². The third kappa shape index (κ3) is 2.33. The molecule has 1 unspecified atom stereocenters. The van der Waals surface area contributed by atoms with Crippen molar-refractivity contribution >= 4 is 0 Å². The Bertz CT molecular complexity index is 425. The van der Waals surface area contributed by atoms with Crippen molar-refractivity contribution in [1.82, 2.24) is 4.90 Å². The first-order valence-electron chi connectivity index (χ1n) is 7.39. The van der Waals surface area contributed by atoms with Crippen LogP contribution in [-0.2, 0) is 0 Å². The lowest BCUT2D eigenvalue weighted by Gasteiger charge is -2.32. The molecule has 1 nitrogen and oxygen atoms in total. The summed E-state index contributed by atoms with van der Waals surface area (Å²) in [7, 11) is 0. The summed E-state index contributed by atoms with van der Waals surface area (Å²) < 4.78 is 0. The molecule has 0 spiro atoms. The summed E-state index contributed by atoms with van der Waals surface area (Å²) in [6, 6.07) is 9.19. The molecular weight excluding hydrogens is 218 g/mol. The maximum Gasteiger partial charge on any atom is 0.0125 e. The third-order valence-electron chi connectivity index (χ3n) is 4.59. The highest BCUT2D eigenvalue weighted by Crippen LogP contribution is 2.44. The van der Waals surface area contributed by atoms with Crippen LogP contribution in [0.4, 0.5) is 0 Å². The molecule has 2 aliphatic rings. The molecule has 1 aromatic rings. The molecule has 1 atom stereocenters. The molecule has 0 aromatic heterocycles. The van der Waals surface area contributed by atoms with Gasteiger partial charge in [-0.15, -0.1) is 0 Å². The summed E-state index contributed by atoms with van der Waals surface area (Å²) in [5, 5.41) is 0. The molecule has 2 fully saturated rings. The van der Waals surface area contributed by atoms with E-state index in [4.69, 9.17) is 0 Å². The van der Waals surface area contributed by atoms with Crippen LogP contribution >= 0.6 is 0 Å². The molecule has 1 saturated heterocycles. The Hall–Kier alpha value is -0.820. The molecule has 1 aromatic carbocycles. The van der Waals surface area contributed by atoms with E-state index in [2.05, 4.69) is 49.9 Å². The molecule has 3 rings (SSSR count). The van der Waals surface area contributed by atoms with Gasteiger partial charge in [-0.25, -0.2) is 0 Å². The van der Waals surface area contributed by atoms with Crippen LogP contribution in [0.15, 0.2) is 24.3 Å². The van der Waals surface area contributed by atoms with Gasteiger partial charge in [0.1, 0.15) is 0 Å². The van der Waals surface area contributed by atoms with Crippen molar-refractivity contribution in [3.63, 3.8) is 0 Å². The third-order valence-corrected chi connectivity index (χ3v) is 4.59. The highest BCUT2D eigenvalue weighted by molar-refractivity contribution is 5.36. The predicted molar refractivity (Wildman–Crippen MR) is 77.1 cm³/mol. The van der Waals surface area contributed by atoms with Gasteiger partial charge in [0.05, 0.1) is 0 Å². The molecule has 1 saturated carbocycles. The molecule has 1 aliphatic carbocycles. The lowest BCUT2D eigenvalue weighted by atomic mass is 9.91. The molecule has 1 heterocycles. The lowest BCUT2D eigenvalue weighted by Crippen LogP contribution is -2.39. The Balaban J connectivity index is 1.80. The minimum atomic E-state index is 0.323. The summed E-state index contributed by atoms with van der Waals surface area (Å²) in [4.78, 5) is 2.64. The fraction of sp³-hybridized carbons (Fsp3) is 0.647. The van der Waals surface area contributed by atoms with E-state index in [0.717, 1.165) is 11.8 Å². The van der Waals surface area contributed by atoms with Crippen molar-refractivity contribution in [2.75, 3.05) is 13.1 Å². The van der Waals surface area contributed by atoms with Crippen LogP contribution in [0.1, 0.15) is 63.0 Å². The summed E-state index contributed by atoms with van der Waals surface area (Å²) in [6.07, 6.45) is 4.15. The summed E-state index contributed by atoms with van der Waals surface area (Å²) in [5.74, 6) is 1.64. The molecule has 98 valence electrons. The molecule has 1 heteroatoms. The smallest absolute Gasteiger partial charge is 0.0125 e. The highest BCUT2D eigenvalue weighted by Gasteiger charge is 2.34. The zero-order valence-corrected chi connectivity index (χ0v) is 11.9. The summed E-state index contributed by atoms with van der Waals surface area (Å²) in [5.41, 5.74) is 3.62. The zero-order valence-electron chi connectivity index (χ0n) is 11.9. The second-order valence-corrected chi connectivity index (χ2v) is 7.01. The molecule has 18 heavy (non-hydrogen) atoms. The van der Waals surface area contributed by atoms with Gasteiger partial charge < -0.3 is 0 Å². The van der Waals surface area contributed by atoms with E-state index in [1.807, 2.05) is 0 Å². The first-order valence-corrected chi connectivity index (χ1v) is 7.39. The van der Waals surface area contributed by atoms with Gasteiger partial charge in [0.15, 0.2) is 0 Å². The number of benzene rings is 1. The maximum absolute atomic E-state index is 2.64. The van der Waals surface area contributed by atoms with Crippen LogP contribution < -0.4 is 0 Å². The van der Waals surface area contributed by atoms with E-state index >= 15 is 0 Å². The summed E-state index contributed by atoms with van der Waals surface area (Å²) in [6.45, 7) is 9.51. The van der Waals surface area contributed by atoms with Crippen molar-refractivity contribution in [3.05, 3.63) is 35.4 Å². The largest absolute Gasteiger partial charge is 0.298 e. The van der Waals surface area contributed by atoms with Crippen molar-refractivity contribution in [2.24, 2.45) is 0 Å². The number of hydrogen-bond acceptors (Lipinski definition) is 1. The van der Waals surface area contributed by atoms with E-state index in [1.54, 1.807) is 11.1 Å². The molecular formula is C17H25N. The maximum atomic E-state index is 2.64. The average Bonchev–Trinajstić information content (AvgIpc) is 3.04. The van der Waals surface area contributed by atoms with Gasteiger partial charge in [0.25, 0.3) is 0 Å². The van der Waals surface area contributed by atoms with Crippen LogP contribution in [-0.4, -0.2) is 23.5 Å². The van der Waals surface area contributed by atoms with Crippen molar-refractivity contribution in [1.29, 1.82) is 0 Å². The SMILES string of the molecule is CC(C)(C)N1CCC(c2ccccc2C2CC2)C1. The van der Waals surface area contributed by atoms with Crippen molar-refractivity contribution in [3.8, 4) is 0 Å². The molecule has 1 aliphatic heterocycles. The number of nitrogens with zero attached hydrogens (tertiary/aromatic N) is 1. The first kappa shape index (κ1) is 12.2. The molecule has 0 amide bonds. The van der Waals surface area contributed by atoms with E-state index < -0.39 is 0 Å². The Morgan fingerprint density at radius 1 is 0.944 bits per heavy atom. The Morgan fingerprint density at radius 2 is 1.56 bits per heavy atom. The van der Waals surface area contributed by atoms with Gasteiger partial charge in [-0.05, 0) is 69.5 Å². The fourth-order valence-corrected chi connectivity index (χ4v) is 3.27. The number of likely N-dealkylation sites (tertiary alicyclic amines) is 1. The second-order valence-electron chi connectivity index (χ2n) is 7.01.